The van der Waals surface area contributed by atoms with Crippen LogP contribution in [0.25, 0.3) is 0 Å². The molecule has 1 fully saturated rings. The van der Waals surface area contributed by atoms with E-state index in [2.05, 4.69) is 0 Å². The highest BCUT2D eigenvalue weighted by Crippen LogP contribution is 2.62. The molecule has 8 heteroatoms. The molecule has 1 saturated heterocycles. The van der Waals surface area contributed by atoms with Crippen molar-refractivity contribution in [1.29, 1.82) is 0 Å². The molecular formula is C18H22NO6P. The van der Waals surface area contributed by atoms with Crippen LogP contribution in [-0.2, 0) is 18.4 Å². The molecule has 7 nitrogen and oxygen atoms in total. The molecule has 140 valence electrons. The number of carbonyl (C=O) groups is 1. The largest absolute Gasteiger partial charge is 0.342 e. The fourth-order valence-electron chi connectivity index (χ4n) is 3.36. The SMILES string of the molecule is CC1=CC(=O)C(P2(=O)OCC(C)(C)CO2)C(c2cccc([N+](=O)[O-])c2)C1. The van der Waals surface area contributed by atoms with Gasteiger partial charge >= 0.3 is 7.60 Å². The molecule has 0 amide bonds. The molecule has 26 heavy (non-hydrogen) atoms. The summed E-state index contributed by atoms with van der Waals surface area (Å²) in [5.74, 6) is -0.798. The van der Waals surface area contributed by atoms with Gasteiger partial charge < -0.3 is 9.05 Å². The topological polar surface area (TPSA) is 95.7 Å². The molecule has 1 aliphatic carbocycles. The lowest BCUT2D eigenvalue weighted by Gasteiger charge is -2.40. The summed E-state index contributed by atoms with van der Waals surface area (Å²) in [6.45, 7) is 6.15. The Balaban J connectivity index is 2.01. The Bertz CT molecular complexity index is 817. The van der Waals surface area contributed by atoms with Gasteiger partial charge in [-0.1, -0.05) is 31.6 Å². The van der Waals surface area contributed by atoms with Gasteiger partial charge in [0, 0.05) is 23.5 Å². The fraction of sp³-hybridized carbons (Fsp3) is 0.500. The highest BCUT2D eigenvalue weighted by Gasteiger charge is 2.51. The van der Waals surface area contributed by atoms with Crippen LogP contribution in [0.4, 0.5) is 5.69 Å². The molecule has 0 aromatic heterocycles. The summed E-state index contributed by atoms with van der Waals surface area (Å²) in [6.07, 6.45) is 1.95. The number of allylic oxidation sites excluding steroid dienone is 2. The zero-order valence-electron chi connectivity index (χ0n) is 15.0. The first-order valence-electron chi connectivity index (χ1n) is 8.45. The van der Waals surface area contributed by atoms with Crippen LogP contribution < -0.4 is 0 Å². The second-order valence-corrected chi connectivity index (χ2v) is 9.90. The molecule has 0 N–H and O–H groups in total. The smallest absolute Gasteiger partial charge is 0.307 e. The van der Waals surface area contributed by atoms with Gasteiger partial charge in [-0.25, -0.2) is 0 Å². The second-order valence-electron chi connectivity index (χ2n) is 7.75. The van der Waals surface area contributed by atoms with E-state index in [-0.39, 0.29) is 30.1 Å². The number of carbonyl (C=O) groups excluding carboxylic acids is 1. The molecule has 2 unspecified atom stereocenters. The maximum absolute atomic E-state index is 13.4. The predicted molar refractivity (Wildman–Crippen MR) is 96.3 cm³/mol. The van der Waals surface area contributed by atoms with Gasteiger partial charge in [0.2, 0.25) is 0 Å². The molecule has 1 heterocycles. The number of rotatable bonds is 3. The Morgan fingerprint density at radius 3 is 2.54 bits per heavy atom. The zero-order chi connectivity index (χ0) is 19.1. The highest BCUT2D eigenvalue weighted by molar-refractivity contribution is 7.56. The Morgan fingerprint density at radius 2 is 1.92 bits per heavy atom. The lowest BCUT2D eigenvalue weighted by molar-refractivity contribution is -0.384. The van der Waals surface area contributed by atoms with E-state index in [9.17, 15) is 19.5 Å². The number of hydrogen-bond donors (Lipinski definition) is 0. The molecule has 2 atom stereocenters. The lowest BCUT2D eigenvalue weighted by Crippen LogP contribution is -2.38. The van der Waals surface area contributed by atoms with Gasteiger partial charge in [-0.3, -0.25) is 19.5 Å². The highest BCUT2D eigenvalue weighted by atomic mass is 31.2. The van der Waals surface area contributed by atoms with E-state index in [4.69, 9.17) is 9.05 Å². The summed E-state index contributed by atoms with van der Waals surface area (Å²) < 4.78 is 24.6. The molecule has 3 rings (SSSR count). The van der Waals surface area contributed by atoms with Crippen molar-refractivity contribution in [2.24, 2.45) is 5.41 Å². The average Bonchev–Trinajstić information content (AvgIpc) is 2.57. The Hall–Kier alpha value is -1.82. The van der Waals surface area contributed by atoms with E-state index in [1.807, 2.05) is 20.8 Å². The normalized spacial score (nSPS) is 27.7. The van der Waals surface area contributed by atoms with Crippen molar-refractivity contribution in [3.8, 4) is 0 Å². The summed E-state index contributed by atoms with van der Waals surface area (Å²) in [6, 6.07) is 6.12. The molecule has 0 saturated carbocycles. The summed E-state index contributed by atoms with van der Waals surface area (Å²) in [5, 5.41) is 11.1. The van der Waals surface area contributed by atoms with Crippen molar-refractivity contribution in [2.75, 3.05) is 13.2 Å². The number of ketones is 1. The summed E-state index contributed by atoms with van der Waals surface area (Å²) in [7, 11) is -3.68. The third kappa shape index (κ3) is 3.65. The number of benzene rings is 1. The van der Waals surface area contributed by atoms with Gasteiger partial charge in [0.25, 0.3) is 5.69 Å². The summed E-state index contributed by atoms with van der Waals surface area (Å²) in [4.78, 5) is 23.4. The summed E-state index contributed by atoms with van der Waals surface area (Å²) in [5.41, 5.74) is 0.109. The van der Waals surface area contributed by atoms with E-state index in [1.165, 1.54) is 18.2 Å². The minimum atomic E-state index is -3.68. The molecule has 2 aliphatic rings. The van der Waals surface area contributed by atoms with E-state index >= 15 is 0 Å². The zero-order valence-corrected chi connectivity index (χ0v) is 15.9. The van der Waals surface area contributed by atoms with Crippen molar-refractivity contribution in [2.45, 2.75) is 38.8 Å². The van der Waals surface area contributed by atoms with E-state index in [1.54, 1.807) is 12.1 Å². The van der Waals surface area contributed by atoms with Crippen molar-refractivity contribution in [1.82, 2.24) is 0 Å². The fourth-order valence-corrected chi connectivity index (χ4v) is 5.92. The third-order valence-electron chi connectivity index (χ3n) is 4.72. The average molecular weight is 379 g/mol. The number of non-ortho nitro benzene ring substituents is 1. The standard InChI is InChI=1S/C18H22NO6P/c1-12-7-15(13-5-4-6-14(9-13)19(21)22)17(16(20)8-12)26(23)24-10-18(2,3)11-25-26/h4-6,8-9,15,17H,7,10-11H2,1-3H3. The van der Waals surface area contributed by atoms with Crippen molar-refractivity contribution in [3.63, 3.8) is 0 Å². The minimum absolute atomic E-state index is 0.0641. The Morgan fingerprint density at radius 1 is 1.27 bits per heavy atom. The molecule has 1 aromatic carbocycles. The van der Waals surface area contributed by atoms with Gasteiger partial charge in [0.1, 0.15) is 5.66 Å². The van der Waals surface area contributed by atoms with Gasteiger partial charge in [-0.2, -0.15) is 0 Å². The van der Waals surface area contributed by atoms with Gasteiger partial charge in [0.05, 0.1) is 18.1 Å². The first-order chi connectivity index (χ1) is 12.1. The molecule has 0 spiro atoms. The molecular weight excluding hydrogens is 357 g/mol. The first-order valence-corrected chi connectivity index (χ1v) is 10.1. The van der Waals surface area contributed by atoms with Crippen LogP contribution in [0.15, 0.2) is 35.9 Å². The number of hydrogen-bond acceptors (Lipinski definition) is 6. The maximum Gasteiger partial charge on any atom is 0.342 e. The van der Waals surface area contributed by atoms with Gasteiger partial charge in [0.15, 0.2) is 5.78 Å². The first kappa shape index (κ1) is 19.0. The van der Waals surface area contributed by atoms with Crippen LogP contribution in [0.5, 0.6) is 0 Å². The maximum atomic E-state index is 13.4. The van der Waals surface area contributed by atoms with Crippen molar-refractivity contribution in [3.05, 3.63) is 51.6 Å². The van der Waals surface area contributed by atoms with Gasteiger partial charge in [-0.15, -0.1) is 0 Å². The van der Waals surface area contributed by atoms with Crippen LogP contribution in [0.3, 0.4) is 0 Å². The van der Waals surface area contributed by atoms with Crippen LogP contribution in [-0.4, -0.2) is 29.6 Å². The second kappa shape index (κ2) is 6.72. The summed E-state index contributed by atoms with van der Waals surface area (Å²) >= 11 is 0. The third-order valence-corrected chi connectivity index (χ3v) is 7.00. The lowest BCUT2D eigenvalue weighted by atomic mass is 9.83. The van der Waals surface area contributed by atoms with Gasteiger partial charge in [-0.05, 0) is 25.0 Å². The van der Waals surface area contributed by atoms with Crippen LogP contribution in [0.1, 0.15) is 38.7 Å². The molecule has 1 aromatic rings. The number of nitro groups is 1. The molecule has 0 bridgehead atoms. The van der Waals surface area contributed by atoms with Crippen LogP contribution in [0, 0.1) is 15.5 Å². The van der Waals surface area contributed by atoms with Crippen molar-refractivity contribution >= 4 is 19.1 Å². The van der Waals surface area contributed by atoms with E-state index in [0.29, 0.717) is 12.0 Å². The Labute approximate surface area is 152 Å². The van der Waals surface area contributed by atoms with E-state index < -0.39 is 24.1 Å². The molecule has 1 aliphatic heterocycles. The molecule has 0 radical (unpaired) electrons. The van der Waals surface area contributed by atoms with Crippen LogP contribution >= 0.6 is 7.60 Å². The number of nitrogens with zero attached hydrogens (tertiary/aromatic N) is 1. The van der Waals surface area contributed by atoms with E-state index in [0.717, 1.165) is 5.57 Å². The van der Waals surface area contributed by atoms with Crippen molar-refractivity contribution < 1.29 is 23.3 Å². The minimum Gasteiger partial charge on any atom is -0.307 e. The monoisotopic (exact) mass is 379 g/mol. The quantitative estimate of drug-likeness (QED) is 0.443. The predicted octanol–water partition coefficient (Wildman–Crippen LogP) is 4.23. The Kier molecular flexibility index (Phi) is 4.90. The number of nitro benzene ring substituents is 1. The van der Waals surface area contributed by atoms with Crippen LogP contribution in [0.2, 0.25) is 0 Å².